The van der Waals surface area contributed by atoms with Gasteiger partial charge >= 0.3 is 0 Å². The number of rotatable bonds is 3. The number of carbonyl (C=O) groups is 2. The molecule has 150 valence electrons. The fourth-order valence-corrected chi connectivity index (χ4v) is 3.35. The van der Waals surface area contributed by atoms with Gasteiger partial charge in [0.15, 0.2) is 0 Å². The number of hydrogen-bond acceptors (Lipinski definition) is 3. The maximum Gasteiger partial charge on any atom is 0.258 e. The SMILES string of the molecule is Cc1ccc(C(N)C(=O)N2CCN(C(=O)c3c(F)cccc3Cl)CC2)cc1.Cl. The Bertz CT molecular complexity index is 833. The second-order valence-electron chi connectivity index (χ2n) is 6.60. The van der Waals surface area contributed by atoms with Crippen LogP contribution in [0, 0.1) is 12.7 Å². The molecule has 2 amide bonds. The molecule has 3 rings (SSSR count). The standard InChI is InChI=1S/C20H21ClFN3O2.ClH/c1-13-5-7-14(8-6-13)18(23)20(27)25-11-9-24(10-12-25)19(26)17-15(21)3-2-4-16(17)22;/h2-8,18H,9-12,23H2,1H3;1H. The molecule has 1 atom stereocenters. The summed E-state index contributed by atoms with van der Waals surface area (Å²) >= 11 is 5.97. The van der Waals surface area contributed by atoms with E-state index in [2.05, 4.69) is 0 Å². The molecule has 0 bridgehead atoms. The van der Waals surface area contributed by atoms with Crippen molar-refractivity contribution < 1.29 is 14.0 Å². The Kier molecular flexibility index (Phi) is 7.41. The van der Waals surface area contributed by atoms with Crippen molar-refractivity contribution in [2.75, 3.05) is 26.2 Å². The first-order valence-corrected chi connectivity index (χ1v) is 9.10. The molecule has 1 heterocycles. The molecule has 1 aliphatic rings. The van der Waals surface area contributed by atoms with Crippen molar-refractivity contribution in [3.05, 3.63) is 70.0 Å². The van der Waals surface area contributed by atoms with Crippen LogP contribution in [0.15, 0.2) is 42.5 Å². The number of benzene rings is 2. The first-order valence-electron chi connectivity index (χ1n) is 8.72. The highest BCUT2D eigenvalue weighted by molar-refractivity contribution is 6.33. The van der Waals surface area contributed by atoms with Crippen molar-refractivity contribution >= 4 is 35.8 Å². The molecule has 8 heteroatoms. The summed E-state index contributed by atoms with van der Waals surface area (Å²) in [6.07, 6.45) is 0. The van der Waals surface area contributed by atoms with Gasteiger partial charge in [0.2, 0.25) is 5.91 Å². The summed E-state index contributed by atoms with van der Waals surface area (Å²) in [7, 11) is 0. The number of nitrogens with zero attached hydrogens (tertiary/aromatic N) is 2. The summed E-state index contributed by atoms with van der Waals surface area (Å²) in [4.78, 5) is 28.4. The van der Waals surface area contributed by atoms with Crippen LogP contribution in [-0.2, 0) is 4.79 Å². The van der Waals surface area contributed by atoms with Crippen molar-refractivity contribution in [3.8, 4) is 0 Å². The van der Waals surface area contributed by atoms with Gasteiger partial charge in [-0.2, -0.15) is 0 Å². The minimum atomic E-state index is -0.742. The predicted octanol–water partition coefficient (Wildman–Crippen LogP) is 3.19. The topological polar surface area (TPSA) is 66.6 Å². The van der Waals surface area contributed by atoms with Crippen LogP contribution in [0.25, 0.3) is 0 Å². The number of halogens is 3. The predicted molar refractivity (Wildman–Crippen MR) is 109 cm³/mol. The van der Waals surface area contributed by atoms with E-state index in [4.69, 9.17) is 17.3 Å². The average molecular weight is 426 g/mol. The highest BCUT2D eigenvalue weighted by Gasteiger charge is 2.30. The molecule has 5 nitrogen and oxygen atoms in total. The van der Waals surface area contributed by atoms with Crippen LogP contribution in [0.3, 0.4) is 0 Å². The van der Waals surface area contributed by atoms with Gasteiger partial charge in [-0.25, -0.2) is 4.39 Å². The second kappa shape index (κ2) is 9.37. The molecular formula is C20H22Cl2FN3O2. The van der Waals surface area contributed by atoms with E-state index in [0.717, 1.165) is 11.1 Å². The van der Waals surface area contributed by atoms with Crippen molar-refractivity contribution in [2.45, 2.75) is 13.0 Å². The van der Waals surface area contributed by atoms with Gasteiger partial charge in [0.1, 0.15) is 11.9 Å². The molecule has 2 N–H and O–H groups in total. The zero-order valence-corrected chi connectivity index (χ0v) is 17.0. The first-order chi connectivity index (χ1) is 12.9. The van der Waals surface area contributed by atoms with Crippen molar-refractivity contribution in [1.82, 2.24) is 9.80 Å². The van der Waals surface area contributed by atoms with Crippen LogP contribution in [0.5, 0.6) is 0 Å². The van der Waals surface area contributed by atoms with Gasteiger partial charge in [-0.15, -0.1) is 12.4 Å². The summed E-state index contributed by atoms with van der Waals surface area (Å²) < 4.78 is 14.0. The number of aryl methyl sites for hydroxylation is 1. The van der Waals surface area contributed by atoms with Crippen LogP contribution in [0.2, 0.25) is 5.02 Å². The second-order valence-corrected chi connectivity index (χ2v) is 7.01. The van der Waals surface area contributed by atoms with E-state index in [1.54, 1.807) is 4.90 Å². The Morgan fingerprint density at radius 3 is 2.18 bits per heavy atom. The van der Waals surface area contributed by atoms with Gasteiger partial charge in [-0.05, 0) is 24.6 Å². The third kappa shape index (κ3) is 4.63. The molecule has 1 saturated heterocycles. The highest BCUT2D eigenvalue weighted by atomic mass is 35.5. The van der Waals surface area contributed by atoms with Gasteiger partial charge in [0, 0.05) is 26.2 Å². The number of hydrogen-bond donors (Lipinski definition) is 1. The van der Waals surface area contributed by atoms with Crippen molar-refractivity contribution in [3.63, 3.8) is 0 Å². The Hall–Kier alpha value is -2.15. The van der Waals surface area contributed by atoms with Crippen LogP contribution in [0.4, 0.5) is 4.39 Å². The molecule has 0 aromatic heterocycles. The highest BCUT2D eigenvalue weighted by Crippen LogP contribution is 2.22. The van der Waals surface area contributed by atoms with Crippen molar-refractivity contribution in [2.24, 2.45) is 5.73 Å². The van der Waals surface area contributed by atoms with E-state index in [1.165, 1.54) is 23.1 Å². The molecule has 1 fully saturated rings. The summed E-state index contributed by atoms with van der Waals surface area (Å²) in [5, 5.41) is 0.0832. The Morgan fingerprint density at radius 2 is 1.61 bits per heavy atom. The lowest BCUT2D eigenvalue weighted by Crippen LogP contribution is -2.52. The molecule has 1 unspecified atom stereocenters. The maximum absolute atomic E-state index is 14.0. The van der Waals surface area contributed by atoms with Crippen molar-refractivity contribution in [1.29, 1.82) is 0 Å². The Balaban J connectivity index is 0.00000280. The Morgan fingerprint density at radius 1 is 1.04 bits per heavy atom. The number of nitrogens with two attached hydrogens (primary N) is 1. The third-order valence-corrected chi connectivity index (χ3v) is 5.07. The number of carbonyl (C=O) groups excluding carboxylic acids is 2. The van der Waals surface area contributed by atoms with Gasteiger partial charge in [-0.3, -0.25) is 9.59 Å². The molecule has 0 aliphatic carbocycles. The van der Waals surface area contributed by atoms with Gasteiger partial charge in [0.25, 0.3) is 5.91 Å². The minimum absolute atomic E-state index is 0. The zero-order chi connectivity index (χ0) is 19.6. The number of amides is 2. The smallest absolute Gasteiger partial charge is 0.258 e. The van der Waals surface area contributed by atoms with E-state index >= 15 is 0 Å². The monoisotopic (exact) mass is 425 g/mol. The number of piperazine rings is 1. The van der Waals surface area contributed by atoms with E-state index in [9.17, 15) is 14.0 Å². The van der Waals surface area contributed by atoms with Crippen LogP contribution in [0.1, 0.15) is 27.5 Å². The summed E-state index contributed by atoms with van der Waals surface area (Å²) in [6.45, 7) is 3.26. The maximum atomic E-state index is 14.0. The molecule has 0 spiro atoms. The van der Waals surface area contributed by atoms with Crippen LogP contribution >= 0.6 is 24.0 Å². The third-order valence-electron chi connectivity index (χ3n) is 4.76. The van der Waals surface area contributed by atoms with Gasteiger partial charge in [-0.1, -0.05) is 47.5 Å². The molecule has 2 aromatic rings. The first kappa shape index (κ1) is 22.1. The van der Waals surface area contributed by atoms with Gasteiger partial charge < -0.3 is 15.5 Å². The molecule has 0 radical (unpaired) electrons. The fraction of sp³-hybridized carbons (Fsp3) is 0.300. The summed E-state index contributed by atoms with van der Waals surface area (Å²) in [5.41, 5.74) is 7.82. The zero-order valence-electron chi connectivity index (χ0n) is 15.4. The largest absolute Gasteiger partial charge is 0.337 e. The van der Waals surface area contributed by atoms with E-state index in [-0.39, 0.29) is 28.9 Å². The lowest BCUT2D eigenvalue weighted by molar-refractivity contribution is -0.134. The van der Waals surface area contributed by atoms with Crippen LogP contribution < -0.4 is 5.73 Å². The minimum Gasteiger partial charge on any atom is -0.337 e. The average Bonchev–Trinajstić information content (AvgIpc) is 2.67. The van der Waals surface area contributed by atoms with Crippen LogP contribution in [-0.4, -0.2) is 47.8 Å². The lowest BCUT2D eigenvalue weighted by atomic mass is 10.0. The fourth-order valence-electron chi connectivity index (χ4n) is 3.10. The molecule has 2 aromatic carbocycles. The summed E-state index contributed by atoms with van der Waals surface area (Å²) in [6, 6.07) is 10.9. The quantitative estimate of drug-likeness (QED) is 0.820. The van der Waals surface area contributed by atoms with E-state index in [0.29, 0.717) is 26.2 Å². The molecule has 28 heavy (non-hydrogen) atoms. The van der Waals surface area contributed by atoms with E-state index in [1.807, 2.05) is 31.2 Å². The Labute approximate surface area is 174 Å². The summed E-state index contributed by atoms with van der Waals surface area (Å²) in [5.74, 6) is -1.30. The molecule has 0 saturated carbocycles. The molecular weight excluding hydrogens is 404 g/mol. The van der Waals surface area contributed by atoms with Gasteiger partial charge in [0.05, 0.1) is 10.6 Å². The van der Waals surface area contributed by atoms with E-state index < -0.39 is 17.8 Å². The normalized spacial score (nSPS) is 15.0. The lowest BCUT2D eigenvalue weighted by Gasteiger charge is -2.36. The molecule has 1 aliphatic heterocycles.